The Morgan fingerprint density at radius 1 is 1.27 bits per heavy atom. The van der Waals surface area contributed by atoms with E-state index in [1.807, 2.05) is 36.1 Å². The van der Waals surface area contributed by atoms with Gasteiger partial charge in [-0.3, -0.25) is 9.69 Å². The number of hydrogen-bond donors (Lipinski definition) is 0. The Balaban J connectivity index is 1.50. The monoisotopic (exact) mass is 362 g/mol. The fourth-order valence-corrected chi connectivity index (χ4v) is 4.02. The molecule has 1 aromatic carbocycles. The summed E-state index contributed by atoms with van der Waals surface area (Å²) in [5.74, 6) is 1.87. The minimum absolute atomic E-state index is 0.0295. The van der Waals surface area contributed by atoms with Crippen molar-refractivity contribution in [1.29, 1.82) is 0 Å². The van der Waals surface area contributed by atoms with Crippen molar-refractivity contribution in [3.05, 3.63) is 24.3 Å². The molecule has 1 amide bonds. The molecule has 0 aliphatic carbocycles. The molecule has 3 rings (SSSR count). The summed E-state index contributed by atoms with van der Waals surface area (Å²) in [5.41, 5.74) is 0.111. The Hall–Kier alpha value is -1.79. The Kier molecular flexibility index (Phi) is 6.04. The molecular weight excluding hydrogens is 332 g/mol. The van der Waals surface area contributed by atoms with Crippen molar-refractivity contribution in [2.24, 2.45) is 5.92 Å². The van der Waals surface area contributed by atoms with Crippen LogP contribution in [0.2, 0.25) is 0 Å². The van der Waals surface area contributed by atoms with Crippen molar-refractivity contribution < 1.29 is 19.0 Å². The molecule has 0 aromatic heterocycles. The zero-order valence-corrected chi connectivity index (χ0v) is 16.1. The van der Waals surface area contributed by atoms with E-state index in [-0.39, 0.29) is 18.1 Å². The predicted octanol–water partition coefficient (Wildman–Crippen LogP) is 2.03. The van der Waals surface area contributed by atoms with Gasteiger partial charge in [-0.1, -0.05) is 12.1 Å². The summed E-state index contributed by atoms with van der Waals surface area (Å²) in [7, 11) is 3.77. The second-order valence-corrected chi connectivity index (χ2v) is 7.35. The summed E-state index contributed by atoms with van der Waals surface area (Å²) in [6.45, 7) is 6.30. The Morgan fingerprint density at radius 2 is 2.00 bits per heavy atom. The third-order valence-electron chi connectivity index (χ3n) is 5.65. The van der Waals surface area contributed by atoms with Crippen LogP contribution in [0.3, 0.4) is 0 Å². The van der Waals surface area contributed by atoms with Gasteiger partial charge in [-0.25, -0.2) is 0 Å². The van der Waals surface area contributed by atoms with Crippen LogP contribution < -0.4 is 9.47 Å². The number of ether oxygens (including phenoxy) is 3. The first-order valence-electron chi connectivity index (χ1n) is 9.40. The van der Waals surface area contributed by atoms with Crippen molar-refractivity contribution in [3.63, 3.8) is 0 Å². The van der Waals surface area contributed by atoms with Crippen LogP contribution in [0.4, 0.5) is 0 Å². The van der Waals surface area contributed by atoms with Crippen LogP contribution in [0.1, 0.15) is 19.8 Å². The molecule has 2 saturated heterocycles. The molecular formula is C20H30N2O4. The second kappa shape index (κ2) is 8.27. The van der Waals surface area contributed by atoms with Crippen LogP contribution in [0.25, 0.3) is 0 Å². The van der Waals surface area contributed by atoms with Crippen LogP contribution in [-0.2, 0) is 9.53 Å². The molecule has 2 aliphatic rings. The first-order chi connectivity index (χ1) is 12.6. The van der Waals surface area contributed by atoms with Gasteiger partial charge in [-0.2, -0.15) is 0 Å². The molecule has 1 spiro atoms. The Labute approximate surface area is 156 Å². The average molecular weight is 362 g/mol. The topological polar surface area (TPSA) is 51.2 Å². The molecule has 2 heterocycles. The molecule has 2 fully saturated rings. The zero-order chi connectivity index (χ0) is 18.6. The van der Waals surface area contributed by atoms with Gasteiger partial charge in [0.1, 0.15) is 0 Å². The molecule has 1 aromatic rings. The van der Waals surface area contributed by atoms with E-state index in [1.165, 1.54) is 6.42 Å². The first-order valence-corrected chi connectivity index (χ1v) is 9.40. The van der Waals surface area contributed by atoms with Crippen LogP contribution in [0.5, 0.6) is 11.5 Å². The van der Waals surface area contributed by atoms with Gasteiger partial charge in [0.2, 0.25) is 0 Å². The van der Waals surface area contributed by atoms with E-state index in [2.05, 4.69) is 11.9 Å². The van der Waals surface area contributed by atoms with Crippen LogP contribution >= 0.6 is 0 Å². The van der Waals surface area contributed by atoms with Gasteiger partial charge in [0.05, 0.1) is 12.6 Å². The van der Waals surface area contributed by atoms with Crippen molar-refractivity contribution in [2.75, 3.05) is 53.6 Å². The summed E-state index contributed by atoms with van der Waals surface area (Å²) in [6.07, 6.45) is 2.27. The highest BCUT2D eigenvalue weighted by atomic mass is 16.5. The maximum atomic E-state index is 12.5. The fraction of sp³-hybridized carbons (Fsp3) is 0.650. The number of likely N-dealkylation sites (tertiary alicyclic amines) is 2. The number of likely N-dealkylation sites (N-methyl/N-ethyl adjacent to an activating group) is 1. The number of benzene rings is 1. The maximum Gasteiger partial charge on any atom is 0.260 e. The van der Waals surface area contributed by atoms with E-state index in [0.717, 1.165) is 39.3 Å². The van der Waals surface area contributed by atoms with Gasteiger partial charge in [-0.15, -0.1) is 0 Å². The molecule has 0 radical (unpaired) electrons. The number of rotatable bonds is 7. The number of para-hydroxylation sites is 2. The van der Waals surface area contributed by atoms with E-state index in [4.69, 9.17) is 14.2 Å². The average Bonchev–Trinajstić information content (AvgIpc) is 2.64. The number of carbonyl (C=O) groups is 1. The highest BCUT2D eigenvalue weighted by Gasteiger charge is 2.50. The SMILES string of the molecule is CCOC[C@@H]1CCN(C)C2(C1)CN(C(=O)COc1ccccc1OC)C2. The number of hydrogen-bond acceptors (Lipinski definition) is 5. The van der Waals surface area contributed by atoms with Crippen LogP contribution in [0.15, 0.2) is 24.3 Å². The molecule has 0 unspecified atom stereocenters. The minimum atomic E-state index is 0.0295. The lowest BCUT2D eigenvalue weighted by Gasteiger charge is -2.58. The zero-order valence-electron chi connectivity index (χ0n) is 16.1. The highest BCUT2D eigenvalue weighted by molar-refractivity contribution is 5.79. The van der Waals surface area contributed by atoms with Gasteiger partial charge >= 0.3 is 0 Å². The number of amides is 1. The summed E-state index contributed by atoms with van der Waals surface area (Å²) >= 11 is 0. The van der Waals surface area contributed by atoms with Crippen molar-refractivity contribution in [3.8, 4) is 11.5 Å². The molecule has 1 atom stereocenters. The smallest absolute Gasteiger partial charge is 0.260 e. The van der Waals surface area contributed by atoms with Gasteiger partial charge in [0.15, 0.2) is 18.1 Å². The molecule has 0 N–H and O–H groups in total. The summed E-state index contributed by atoms with van der Waals surface area (Å²) < 4.78 is 16.6. The number of carbonyl (C=O) groups excluding carboxylic acids is 1. The Morgan fingerprint density at radius 3 is 2.69 bits per heavy atom. The third-order valence-corrected chi connectivity index (χ3v) is 5.65. The summed E-state index contributed by atoms with van der Waals surface area (Å²) in [4.78, 5) is 16.8. The number of piperidine rings is 1. The van der Waals surface area contributed by atoms with Gasteiger partial charge < -0.3 is 19.1 Å². The van der Waals surface area contributed by atoms with Gasteiger partial charge in [-0.05, 0) is 51.4 Å². The number of methoxy groups -OCH3 is 1. The molecule has 0 saturated carbocycles. The molecule has 6 heteroatoms. The second-order valence-electron chi connectivity index (χ2n) is 7.35. The quantitative estimate of drug-likeness (QED) is 0.743. The largest absolute Gasteiger partial charge is 0.493 e. The molecule has 144 valence electrons. The van der Waals surface area contributed by atoms with E-state index in [9.17, 15) is 4.79 Å². The van der Waals surface area contributed by atoms with Crippen molar-refractivity contribution >= 4 is 5.91 Å². The van der Waals surface area contributed by atoms with Crippen molar-refractivity contribution in [1.82, 2.24) is 9.80 Å². The van der Waals surface area contributed by atoms with Crippen LogP contribution in [0, 0.1) is 5.92 Å². The van der Waals surface area contributed by atoms with E-state index in [0.29, 0.717) is 17.4 Å². The normalized spacial score (nSPS) is 22.1. The molecule has 6 nitrogen and oxygen atoms in total. The molecule has 0 bridgehead atoms. The third kappa shape index (κ3) is 3.96. The minimum Gasteiger partial charge on any atom is -0.493 e. The van der Waals surface area contributed by atoms with Gasteiger partial charge in [0.25, 0.3) is 5.91 Å². The predicted molar refractivity (Wildman–Crippen MR) is 99.6 cm³/mol. The van der Waals surface area contributed by atoms with Crippen molar-refractivity contribution in [2.45, 2.75) is 25.3 Å². The first kappa shape index (κ1) is 19.0. The lowest BCUT2D eigenvalue weighted by Crippen LogP contribution is -2.73. The van der Waals surface area contributed by atoms with E-state index in [1.54, 1.807) is 7.11 Å². The molecule has 26 heavy (non-hydrogen) atoms. The highest BCUT2D eigenvalue weighted by Crippen LogP contribution is 2.38. The van der Waals surface area contributed by atoms with E-state index < -0.39 is 0 Å². The summed E-state index contributed by atoms with van der Waals surface area (Å²) in [5, 5.41) is 0. The lowest BCUT2D eigenvalue weighted by atomic mass is 9.75. The number of nitrogens with zero attached hydrogens (tertiary/aromatic N) is 2. The fourth-order valence-electron chi connectivity index (χ4n) is 4.02. The van der Waals surface area contributed by atoms with Gasteiger partial charge in [0, 0.05) is 26.3 Å². The lowest BCUT2D eigenvalue weighted by molar-refractivity contribution is -0.153. The summed E-state index contributed by atoms with van der Waals surface area (Å²) in [6, 6.07) is 7.39. The molecule has 2 aliphatic heterocycles. The standard InChI is InChI=1S/C20H30N2O4/c1-4-25-12-16-9-10-21(2)20(11-16)14-22(15-20)19(23)13-26-18-8-6-5-7-17(18)24-3/h5-8,16H,4,9-15H2,1-3H3/t16-/m1/s1. The Bertz CT molecular complexity index is 614. The van der Waals surface area contributed by atoms with Crippen LogP contribution in [-0.4, -0.2) is 74.9 Å². The maximum absolute atomic E-state index is 12.5. The van der Waals surface area contributed by atoms with E-state index >= 15 is 0 Å².